The molecule has 0 aliphatic carbocycles. The molecule has 6 heteroatoms. The lowest BCUT2D eigenvalue weighted by Gasteiger charge is -2.42. The molecule has 3 aliphatic rings. The molecule has 1 aromatic carbocycles. The van der Waals surface area contributed by atoms with Crippen LogP contribution in [0.1, 0.15) is 40.9 Å². The topological polar surface area (TPSA) is 62.6 Å². The van der Waals surface area contributed by atoms with Gasteiger partial charge in [0.15, 0.2) is 5.78 Å². The Balaban J connectivity index is 1.31. The van der Waals surface area contributed by atoms with E-state index in [0.29, 0.717) is 24.9 Å². The molecular weight excluding hydrogens is 366 g/mol. The van der Waals surface area contributed by atoms with E-state index in [-0.39, 0.29) is 17.2 Å². The SMILES string of the molecule is CC(=O)N1CCc2cc(C(=O)CN3C[C@@H]4C[C@@H](C3)c3cccc(=O)n3C4)ccc21. The number of rotatable bonds is 3. The number of pyridine rings is 1. The van der Waals surface area contributed by atoms with Gasteiger partial charge >= 0.3 is 0 Å². The van der Waals surface area contributed by atoms with E-state index < -0.39 is 0 Å². The van der Waals surface area contributed by atoms with Crippen molar-refractivity contribution in [3.8, 4) is 0 Å². The van der Waals surface area contributed by atoms with E-state index in [1.165, 1.54) is 0 Å². The molecule has 0 saturated carbocycles. The van der Waals surface area contributed by atoms with Crippen LogP contribution in [0.2, 0.25) is 0 Å². The molecule has 29 heavy (non-hydrogen) atoms. The van der Waals surface area contributed by atoms with Gasteiger partial charge in [0.1, 0.15) is 0 Å². The molecule has 3 aliphatic heterocycles. The Morgan fingerprint density at radius 1 is 1.10 bits per heavy atom. The Kier molecular flexibility index (Phi) is 4.39. The second-order valence-corrected chi connectivity index (χ2v) is 8.58. The fraction of sp³-hybridized carbons (Fsp3) is 0.435. The molecule has 1 saturated heterocycles. The maximum Gasteiger partial charge on any atom is 0.250 e. The fourth-order valence-electron chi connectivity index (χ4n) is 5.32. The van der Waals surface area contributed by atoms with Crippen molar-refractivity contribution in [2.45, 2.75) is 32.2 Å². The van der Waals surface area contributed by atoms with Gasteiger partial charge in [-0.2, -0.15) is 0 Å². The summed E-state index contributed by atoms with van der Waals surface area (Å²) in [4.78, 5) is 40.9. The standard InChI is InChI=1S/C23H25N3O3/c1-15(27)25-8-7-17-10-18(5-6-21(17)25)22(28)14-24-11-16-9-19(13-24)20-3-2-4-23(29)26(20)12-16/h2-6,10,16,19H,7-9,11-14H2,1H3/t16-,19-/m0/s1. The van der Waals surface area contributed by atoms with Crippen molar-refractivity contribution in [2.24, 2.45) is 5.92 Å². The summed E-state index contributed by atoms with van der Waals surface area (Å²) in [6.45, 7) is 5.08. The van der Waals surface area contributed by atoms with E-state index in [9.17, 15) is 14.4 Å². The van der Waals surface area contributed by atoms with Gasteiger partial charge in [0.25, 0.3) is 5.56 Å². The van der Waals surface area contributed by atoms with Crippen molar-refractivity contribution in [1.82, 2.24) is 9.47 Å². The Bertz CT molecular complexity index is 1060. The molecule has 0 spiro atoms. The minimum atomic E-state index is 0.0436. The lowest BCUT2D eigenvalue weighted by Crippen LogP contribution is -2.48. The van der Waals surface area contributed by atoms with E-state index in [1.54, 1.807) is 17.9 Å². The van der Waals surface area contributed by atoms with Gasteiger partial charge in [0, 0.05) is 62.0 Å². The third-order valence-corrected chi connectivity index (χ3v) is 6.60. The number of fused-ring (bicyclic) bond motifs is 5. The number of anilines is 1. The van der Waals surface area contributed by atoms with Gasteiger partial charge in [0.05, 0.1) is 6.54 Å². The number of hydrogen-bond acceptors (Lipinski definition) is 4. The minimum Gasteiger partial charge on any atom is -0.312 e. The normalized spacial score (nSPS) is 22.9. The highest BCUT2D eigenvalue weighted by Crippen LogP contribution is 2.35. The molecular formula is C23H25N3O3. The predicted octanol–water partition coefficient (Wildman–Crippen LogP) is 2.06. The lowest BCUT2D eigenvalue weighted by molar-refractivity contribution is -0.116. The summed E-state index contributed by atoms with van der Waals surface area (Å²) in [7, 11) is 0. The van der Waals surface area contributed by atoms with Gasteiger partial charge in [0.2, 0.25) is 5.91 Å². The van der Waals surface area contributed by atoms with E-state index >= 15 is 0 Å². The number of nitrogens with zero attached hydrogens (tertiary/aromatic N) is 3. The van der Waals surface area contributed by atoms with Crippen LogP contribution in [-0.4, -0.2) is 47.3 Å². The van der Waals surface area contributed by atoms with Gasteiger partial charge in [-0.15, -0.1) is 0 Å². The van der Waals surface area contributed by atoms with Crippen LogP contribution in [-0.2, 0) is 17.8 Å². The van der Waals surface area contributed by atoms with Crippen LogP contribution in [0.5, 0.6) is 0 Å². The predicted molar refractivity (Wildman–Crippen MR) is 110 cm³/mol. The minimum absolute atomic E-state index is 0.0436. The summed E-state index contributed by atoms with van der Waals surface area (Å²) in [6.07, 6.45) is 1.89. The van der Waals surface area contributed by atoms with Crippen LogP contribution in [0, 0.1) is 5.92 Å². The average molecular weight is 391 g/mol. The van der Waals surface area contributed by atoms with Gasteiger partial charge in [-0.1, -0.05) is 6.07 Å². The number of ketones is 1. The second kappa shape index (κ2) is 6.95. The summed E-state index contributed by atoms with van der Waals surface area (Å²) >= 11 is 0. The zero-order valence-corrected chi connectivity index (χ0v) is 16.6. The van der Waals surface area contributed by atoms with Crippen molar-refractivity contribution < 1.29 is 9.59 Å². The largest absolute Gasteiger partial charge is 0.312 e. The van der Waals surface area contributed by atoms with Gasteiger partial charge < -0.3 is 9.47 Å². The number of Topliss-reactive ketones (excluding diaryl/α,β-unsaturated/α-hetero) is 1. The van der Waals surface area contributed by atoms with Gasteiger partial charge in [-0.05, 0) is 48.6 Å². The van der Waals surface area contributed by atoms with Crippen LogP contribution in [0.4, 0.5) is 5.69 Å². The molecule has 1 fully saturated rings. The molecule has 6 nitrogen and oxygen atoms in total. The molecule has 4 heterocycles. The zero-order chi connectivity index (χ0) is 20.1. The van der Waals surface area contributed by atoms with Crippen LogP contribution in [0.25, 0.3) is 0 Å². The number of aromatic nitrogens is 1. The fourth-order valence-corrected chi connectivity index (χ4v) is 5.32. The smallest absolute Gasteiger partial charge is 0.250 e. The number of likely N-dealkylation sites (tertiary alicyclic amines) is 1. The van der Waals surface area contributed by atoms with E-state index in [0.717, 1.165) is 55.0 Å². The Hall–Kier alpha value is -2.73. The Morgan fingerprint density at radius 3 is 2.79 bits per heavy atom. The maximum absolute atomic E-state index is 13.0. The molecule has 1 aromatic heterocycles. The molecule has 0 radical (unpaired) electrons. The first kappa shape index (κ1) is 18.3. The summed E-state index contributed by atoms with van der Waals surface area (Å²) < 4.78 is 1.92. The number of amides is 1. The monoisotopic (exact) mass is 391 g/mol. The first-order valence-corrected chi connectivity index (χ1v) is 10.4. The Labute approximate surface area is 169 Å². The number of benzene rings is 1. The molecule has 150 valence electrons. The number of carbonyl (C=O) groups is 2. The van der Waals surface area contributed by atoms with Crippen molar-refractivity contribution in [1.29, 1.82) is 0 Å². The average Bonchev–Trinajstić information content (AvgIpc) is 3.12. The summed E-state index contributed by atoms with van der Waals surface area (Å²) in [5.74, 6) is 0.896. The molecule has 0 N–H and O–H groups in total. The summed E-state index contributed by atoms with van der Waals surface area (Å²) in [5, 5.41) is 0. The highest BCUT2D eigenvalue weighted by Gasteiger charge is 2.35. The maximum atomic E-state index is 13.0. The van der Waals surface area contributed by atoms with Crippen LogP contribution < -0.4 is 10.5 Å². The van der Waals surface area contributed by atoms with Crippen molar-refractivity contribution >= 4 is 17.4 Å². The van der Waals surface area contributed by atoms with Crippen molar-refractivity contribution in [3.63, 3.8) is 0 Å². The zero-order valence-electron chi connectivity index (χ0n) is 16.6. The quantitative estimate of drug-likeness (QED) is 0.752. The van der Waals surface area contributed by atoms with Crippen molar-refractivity contribution in [2.75, 3.05) is 31.1 Å². The molecule has 5 rings (SSSR count). The third kappa shape index (κ3) is 3.21. The first-order chi connectivity index (χ1) is 14.0. The van der Waals surface area contributed by atoms with Crippen LogP contribution in [0.3, 0.4) is 0 Å². The molecule has 2 aromatic rings. The molecule has 2 bridgehead atoms. The van der Waals surface area contributed by atoms with Gasteiger partial charge in [-0.25, -0.2) is 0 Å². The van der Waals surface area contributed by atoms with Crippen molar-refractivity contribution in [3.05, 3.63) is 63.6 Å². The Morgan fingerprint density at radius 2 is 1.97 bits per heavy atom. The van der Waals surface area contributed by atoms with E-state index in [4.69, 9.17) is 0 Å². The van der Waals surface area contributed by atoms with Crippen LogP contribution in [0.15, 0.2) is 41.2 Å². The number of piperidine rings is 1. The number of hydrogen-bond donors (Lipinski definition) is 0. The molecule has 1 amide bonds. The van der Waals surface area contributed by atoms with Crippen LogP contribution >= 0.6 is 0 Å². The lowest BCUT2D eigenvalue weighted by atomic mass is 9.83. The second-order valence-electron chi connectivity index (χ2n) is 8.58. The third-order valence-electron chi connectivity index (χ3n) is 6.60. The number of carbonyl (C=O) groups excluding carboxylic acids is 2. The summed E-state index contributed by atoms with van der Waals surface area (Å²) in [5.41, 5.74) is 3.92. The molecule has 0 unspecified atom stereocenters. The molecule has 2 atom stereocenters. The highest BCUT2D eigenvalue weighted by molar-refractivity contribution is 6.00. The summed E-state index contributed by atoms with van der Waals surface area (Å²) in [6, 6.07) is 11.2. The first-order valence-electron chi connectivity index (χ1n) is 10.4. The van der Waals surface area contributed by atoms with Gasteiger partial charge in [-0.3, -0.25) is 19.3 Å². The highest BCUT2D eigenvalue weighted by atomic mass is 16.2. The van der Waals surface area contributed by atoms with E-state index in [1.807, 2.05) is 28.8 Å². The van der Waals surface area contributed by atoms with E-state index in [2.05, 4.69) is 11.0 Å².